The Hall–Kier alpha value is -2.44. The van der Waals surface area contributed by atoms with Gasteiger partial charge in [0.25, 0.3) is 0 Å². The fourth-order valence-electron chi connectivity index (χ4n) is 3.57. The summed E-state index contributed by atoms with van der Waals surface area (Å²) in [6.07, 6.45) is 2.32. The second-order valence-corrected chi connectivity index (χ2v) is 6.78. The number of urea groups is 1. The van der Waals surface area contributed by atoms with Gasteiger partial charge in [0.1, 0.15) is 11.5 Å². The van der Waals surface area contributed by atoms with Gasteiger partial charge in [0, 0.05) is 44.2 Å². The van der Waals surface area contributed by atoms with Crippen molar-refractivity contribution in [3.63, 3.8) is 0 Å². The lowest BCUT2D eigenvalue weighted by Gasteiger charge is -2.38. The summed E-state index contributed by atoms with van der Waals surface area (Å²) in [6.45, 7) is 2.50. The van der Waals surface area contributed by atoms with Gasteiger partial charge >= 0.3 is 6.03 Å². The molecule has 3 rings (SSSR count). The lowest BCUT2D eigenvalue weighted by Crippen LogP contribution is -2.47. The third kappa shape index (κ3) is 3.81. The van der Waals surface area contributed by atoms with Gasteiger partial charge in [-0.25, -0.2) is 4.79 Å². The zero-order valence-electron chi connectivity index (χ0n) is 14.8. The molecule has 2 aliphatic heterocycles. The van der Waals surface area contributed by atoms with Crippen LogP contribution >= 0.6 is 0 Å². The van der Waals surface area contributed by atoms with Gasteiger partial charge in [-0.15, -0.1) is 0 Å². The van der Waals surface area contributed by atoms with Crippen LogP contribution in [-0.4, -0.2) is 50.7 Å². The molecule has 0 aliphatic carbocycles. The molecule has 2 aliphatic rings. The zero-order valence-corrected chi connectivity index (χ0v) is 14.8. The maximum absolute atomic E-state index is 12.4. The van der Waals surface area contributed by atoms with Crippen LogP contribution in [0.3, 0.4) is 0 Å². The summed E-state index contributed by atoms with van der Waals surface area (Å²) in [5.74, 6) is 1.53. The van der Waals surface area contributed by atoms with Crippen molar-refractivity contribution in [1.29, 1.82) is 0 Å². The number of hydrogen-bond donors (Lipinski definition) is 2. The Morgan fingerprint density at radius 2 is 2.04 bits per heavy atom. The number of benzene rings is 1. The van der Waals surface area contributed by atoms with Crippen molar-refractivity contribution >= 4 is 11.9 Å². The topological polar surface area (TPSA) is 79.9 Å². The molecule has 2 heterocycles. The number of carbonyl (C=O) groups excluding carboxylic acids is 2. The van der Waals surface area contributed by atoms with E-state index in [9.17, 15) is 9.59 Å². The first kappa shape index (κ1) is 17.4. The van der Waals surface area contributed by atoms with Gasteiger partial charge in [-0.05, 0) is 30.4 Å². The summed E-state index contributed by atoms with van der Waals surface area (Å²) in [5.41, 5.74) is 0.947. The van der Waals surface area contributed by atoms with Gasteiger partial charge in [-0.2, -0.15) is 0 Å². The van der Waals surface area contributed by atoms with Gasteiger partial charge in [-0.1, -0.05) is 0 Å². The van der Waals surface area contributed by atoms with Crippen molar-refractivity contribution < 1.29 is 19.1 Å². The molecule has 0 atom stereocenters. The lowest BCUT2D eigenvalue weighted by molar-refractivity contribution is -0.119. The molecule has 0 aromatic heterocycles. The summed E-state index contributed by atoms with van der Waals surface area (Å²) >= 11 is 0. The van der Waals surface area contributed by atoms with Crippen molar-refractivity contribution in [2.75, 3.05) is 33.9 Å². The van der Waals surface area contributed by atoms with Gasteiger partial charge in [-0.3, -0.25) is 4.79 Å². The van der Waals surface area contributed by atoms with Crippen LogP contribution in [-0.2, 0) is 11.3 Å². The normalized spacial score (nSPS) is 18.8. The minimum Gasteiger partial charge on any atom is -0.497 e. The molecule has 1 aromatic rings. The van der Waals surface area contributed by atoms with Crippen molar-refractivity contribution in [3.8, 4) is 11.5 Å². The fourth-order valence-corrected chi connectivity index (χ4v) is 3.57. The molecule has 0 bridgehead atoms. The second-order valence-electron chi connectivity index (χ2n) is 6.78. The Bertz CT molecular complexity index is 654. The Labute approximate surface area is 147 Å². The molecule has 2 N–H and O–H groups in total. The first-order valence-electron chi connectivity index (χ1n) is 8.56. The highest BCUT2D eigenvalue weighted by Gasteiger charge is 2.41. The van der Waals surface area contributed by atoms with Crippen LogP contribution in [0.1, 0.15) is 24.8 Å². The monoisotopic (exact) mass is 347 g/mol. The van der Waals surface area contributed by atoms with Gasteiger partial charge in [0.05, 0.1) is 14.2 Å². The van der Waals surface area contributed by atoms with Crippen LogP contribution in [0, 0.1) is 5.41 Å². The van der Waals surface area contributed by atoms with E-state index in [0.29, 0.717) is 37.6 Å². The van der Waals surface area contributed by atoms with Crippen LogP contribution in [0.15, 0.2) is 18.2 Å². The van der Waals surface area contributed by atoms with E-state index < -0.39 is 0 Å². The molecule has 0 unspecified atom stereocenters. The molecule has 25 heavy (non-hydrogen) atoms. The van der Waals surface area contributed by atoms with Crippen molar-refractivity contribution in [2.24, 2.45) is 5.41 Å². The Morgan fingerprint density at radius 1 is 1.28 bits per heavy atom. The summed E-state index contributed by atoms with van der Waals surface area (Å²) < 4.78 is 10.5. The molecule has 1 spiro atoms. The van der Waals surface area contributed by atoms with Crippen molar-refractivity contribution in [2.45, 2.75) is 25.8 Å². The second kappa shape index (κ2) is 7.21. The molecule has 136 valence electrons. The Balaban J connectivity index is 1.53. The predicted octanol–water partition coefficient (Wildman–Crippen LogP) is 1.52. The molecule has 7 nitrogen and oxygen atoms in total. The lowest BCUT2D eigenvalue weighted by atomic mass is 9.78. The van der Waals surface area contributed by atoms with Gasteiger partial charge < -0.3 is 25.0 Å². The van der Waals surface area contributed by atoms with E-state index in [4.69, 9.17) is 9.47 Å². The molecular weight excluding hydrogens is 322 g/mol. The molecule has 3 amide bonds. The number of likely N-dealkylation sites (tertiary alicyclic amines) is 1. The van der Waals surface area contributed by atoms with E-state index in [1.54, 1.807) is 20.3 Å². The van der Waals surface area contributed by atoms with Crippen LogP contribution in [0.25, 0.3) is 0 Å². The van der Waals surface area contributed by atoms with Crippen LogP contribution in [0.2, 0.25) is 0 Å². The summed E-state index contributed by atoms with van der Waals surface area (Å²) in [5, 5.41) is 5.86. The molecule has 0 radical (unpaired) electrons. The Kier molecular flexibility index (Phi) is 5.01. The molecule has 2 saturated heterocycles. The van der Waals surface area contributed by atoms with Gasteiger partial charge in [0.2, 0.25) is 5.91 Å². The van der Waals surface area contributed by atoms with E-state index in [0.717, 1.165) is 24.9 Å². The average molecular weight is 347 g/mol. The van der Waals surface area contributed by atoms with E-state index in [-0.39, 0.29) is 17.4 Å². The number of nitrogens with one attached hydrogen (secondary N) is 2. The van der Waals surface area contributed by atoms with Crippen molar-refractivity contribution in [3.05, 3.63) is 23.8 Å². The van der Waals surface area contributed by atoms with E-state index in [2.05, 4.69) is 10.6 Å². The summed E-state index contributed by atoms with van der Waals surface area (Å²) in [4.78, 5) is 25.7. The zero-order chi connectivity index (χ0) is 17.9. The first-order valence-corrected chi connectivity index (χ1v) is 8.56. The molecule has 2 fully saturated rings. The third-order valence-electron chi connectivity index (χ3n) is 5.23. The van der Waals surface area contributed by atoms with E-state index in [1.165, 1.54) is 0 Å². The third-order valence-corrected chi connectivity index (χ3v) is 5.23. The SMILES string of the molecule is COc1ccc(CNC(=O)N2CCC3(CC2)CNC(=O)C3)c(OC)c1. The maximum atomic E-state index is 12.4. The predicted molar refractivity (Wildman–Crippen MR) is 92.6 cm³/mol. The average Bonchev–Trinajstić information content (AvgIpc) is 3.00. The number of amides is 3. The van der Waals surface area contributed by atoms with E-state index >= 15 is 0 Å². The number of methoxy groups -OCH3 is 2. The molecular formula is C18H25N3O4. The number of rotatable bonds is 4. The minimum absolute atomic E-state index is 0.0487. The number of hydrogen-bond acceptors (Lipinski definition) is 4. The minimum atomic E-state index is -0.0787. The molecule has 0 saturated carbocycles. The number of carbonyl (C=O) groups is 2. The smallest absolute Gasteiger partial charge is 0.317 e. The highest BCUT2D eigenvalue weighted by molar-refractivity contribution is 5.79. The highest BCUT2D eigenvalue weighted by atomic mass is 16.5. The number of nitrogens with zero attached hydrogens (tertiary/aromatic N) is 1. The fraction of sp³-hybridized carbons (Fsp3) is 0.556. The van der Waals surface area contributed by atoms with Gasteiger partial charge in [0.15, 0.2) is 0 Å². The van der Waals surface area contributed by atoms with Crippen LogP contribution in [0.4, 0.5) is 4.79 Å². The summed E-state index contributed by atoms with van der Waals surface area (Å²) in [7, 11) is 3.20. The van der Waals surface area contributed by atoms with Crippen LogP contribution in [0.5, 0.6) is 11.5 Å². The maximum Gasteiger partial charge on any atom is 0.317 e. The first-order chi connectivity index (χ1) is 12.0. The van der Waals surface area contributed by atoms with Crippen molar-refractivity contribution in [1.82, 2.24) is 15.5 Å². The molecule has 1 aromatic carbocycles. The van der Waals surface area contributed by atoms with E-state index in [1.807, 2.05) is 17.0 Å². The standard InChI is InChI=1S/C18H25N3O4/c1-24-14-4-3-13(15(9-14)25-2)11-19-17(23)21-7-5-18(6-8-21)10-16(22)20-12-18/h3-4,9H,5-8,10-12H2,1-2H3,(H,19,23)(H,20,22). The quantitative estimate of drug-likeness (QED) is 0.865. The number of ether oxygens (including phenoxy) is 2. The molecule has 7 heteroatoms. The largest absolute Gasteiger partial charge is 0.497 e. The Morgan fingerprint density at radius 3 is 2.64 bits per heavy atom. The van der Waals surface area contributed by atoms with Crippen LogP contribution < -0.4 is 20.1 Å². The highest BCUT2D eigenvalue weighted by Crippen LogP contribution is 2.37. The number of piperidine rings is 1. The summed E-state index contributed by atoms with van der Waals surface area (Å²) in [6, 6.07) is 5.46.